The Balaban J connectivity index is 2.11. The van der Waals surface area contributed by atoms with Gasteiger partial charge in [-0.15, -0.1) is 0 Å². The number of rotatable bonds is 4. The third-order valence-corrected chi connectivity index (χ3v) is 2.50. The molecule has 0 aromatic heterocycles. The van der Waals surface area contributed by atoms with Crippen LogP contribution in [-0.4, -0.2) is 23.9 Å². The van der Waals surface area contributed by atoms with Gasteiger partial charge in [-0.25, -0.2) is 0 Å². The molecule has 1 rings (SSSR count). The standard InChI is InChI=1S/C10H20O2/c1-2-3-8-12-10-7-5-4-6-9(10)11/h9-11H,2-8H2,1H3/t9-,10+/m1/s1. The quantitative estimate of drug-likeness (QED) is 0.658. The van der Waals surface area contributed by atoms with Crippen LogP contribution in [0.15, 0.2) is 0 Å². The first-order valence-corrected chi connectivity index (χ1v) is 5.14. The predicted octanol–water partition coefficient (Wildman–Crippen LogP) is 2.11. The molecule has 1 aliphatic rings. The Morgan fingerprint density at radius 1 is 1.33 bits per heavy atom. The minimum absolute atomic E-state index is 0.130. The van der Waals surface area contributed by atoms with Gasteiger partial charge in [-0.1, -0.05) is 26.2 Å². The molecule has 2 atom stereocenters. The highest BCUT2D eigenvalue weighted by molar-refractivity contribution is 4.74. The van der Waals surface area contributed by atoms with Crippen molar-refractivity contribution in [3.63, 3.8) is 0 Å². The van der Waals surface area contributed by atoms with Crippen molar-refractivity contribution >= 4 is 0 Å². The average molecular weight is 172 g/mol. The summed E-state index contributed by atoms with van der Waals surface area (Å²) >= 11 is 0. The van der Waals surface area contributed by atoms with Crippen LogP contribution >= 0.6 is 0 Å². The number of hydrogen-bond donors (Lipinski definition) is 1. The van der Waals surface area contributed by atoms with Crippen molar-refractivity contribution < 1.29 is 9.84 Å². The molecule has 0 aliphatic heterocycles. The first-order valence-electron chi connectivity index (χ1n) is 5.14. The second-order valence-electron chi connectivity index (χ2n) is 3.61. The van der Waals surface area contributed by atoms with Crippen molar-refractivity contribution in [1.29, 1.82) is 0 Å². The lowest BCUT2D eigenvalue weighted by Gasteiger charge is -2.27. The summed E-state index contributed by atoms with van der Waals surface area (Å²) in [4.78, 5) is 0. The molecule has 12 heavy (non-hydrogen) atoms. The van der Waals surface area contributed by atoms with E-state index in [0.29, 0.717) is 0 Å². The zero-order chi connectivity index (χ0) is 8.81. The molecule has 0 aromatic rings. The Labute approximate surface area is 74.9 Å². The fourth-order valence-electron chi connectivity index (χ4n) is 1.65. The Hall–Kier alpha value is -0.0800. The lowest BCUT2D eigenvalue weighted by molar-refractivity contribution is -0.0592. The maximum Gasteiger partial charge on any atom is 0.0833 e. The minimum atomic E-state index is -0.199. The van der Waals surface area contributed by atoms with Crippen molar-refractivity contribution in [2.24, 2.45) is 0 Å². The zero-order valence-electron chi connectivity index (χ0n) is 7.96. The molecule has 1 fully saturated rings. The van der Waals surface area contributed by atoms with E-state index in [0.717, 1.165) is 32.3 Å². The summed E-state index contributed by atoms with van der Waals surface area (Å²) in [7, 11) is 0. The highest BCUT2D eigenvalue weighted by atomic mass is 16.5. The summed E-state index contributed by atoms with van der Waals surface area (Å²) in [6.45, 7) is 2.97. The van der Waals surface area contributed by atoms with Crippen molar-refractivity contribution in [2.45, 2.75) is 57.7 Å². The molecule has 0 bridgehead atoms. The Bertz CT molecular complexity index is 114. The molecule has 0 unspecified atom stereocenters. The minimum Gasteiger partial charge on any atom is -0.390 e. The van der Waals surface area contributed by atoms with Gasteiger partial charge in [-0.05, 0) is 19.3 Å². The maximum atomic E-state index is 9.54. The van der Waals surface area contributed by atoms with E-state index >= 15 is 0 Å². The van der Waals surface area contributed by atoms with Gasteiger partial charge in [0.25, 0.3) is 0 Å². The van der Waals surface area contributed by atoms with Gasteiger partial charge in [0.1, 0.15) is 0 Å². The zero-order valence-corrected chi connectivity index (χ0v) is 7.96. The molecule has 72 valence electrons. The van der Waals surface area contributed by atoms with E-state index in [2.05, 4.69) is 6.92 Å². The van der Waals surface area contributed by atoms with Gasteiger partial charge in [0, 0.05) is 6.61 Å². The van der Waals surface area contributed by atoms with Gasteiger partial charge < -0.3 is 9.84 Å². The molecular formula is C10H20O2. The summed E-state index contributed by atoms with van der Waals surface area (Å²) in [5, 5.41) is 9.54. The summed E-state index contributed by atoms with van der Waals surface area (Å²) in [6.07, 6.45) is 6.57. The van der Waals surface area contributed by atoms with Crippen molar-refractivity contribution in [3.05, 3.63) is 0 Å². The molecule has 0 heterocycles. The molecule has 0 amide bonds. The average Bonchev–Trinajstić information content (AvgIpc) is 2.09. The largest absolute Gasteiger partial charge is 0.390 e. The van der Waals surface area contributed by atoms with Crippen LogP contribution in [0.2, 0.25) is 0 Å². The number of aliphatic hydroxyl groups is 1. The van der Waals surface area contributed by atoms with Crippen molar-refractivity contribution in [2.75, 3.05) is 6.61 Å². The van der Waals surface area contributed by atoms with E-state index in [-0.39, 0.29) is 12.2 Å². The topological polar surface area (TPSA) is 29.5 Å². The van der Waals surface area contributed by atoms with E-state index in [9.17, 15) is 5.11 Å². The molecule has 0 radical (unpaired) electrons. The molecule has 0 aromatic carbocycles. The van der Waals surface area contributed by atoms with Crippen LogP contribution in [0.3, 0.4) is 0 Å². The van der Waals surface area contributed by atoms with E-state index in [1.165, 1.54) is 12.8 Å². The first kappa shape index (κ1) is 10.0. The highest BCUT2D eigenvalue weighted by Gasteiger charge is 2.22. The number of hydrogen-bond acceptors (Lipinski definition) is 2. The van der Waals surface area contributed by atoms with E-state index < -0.39 is 0 Å². The van der Waals surface area contributed by atoms with Gasteiger partial charge in [0.2, 0.25) is 0 Å². The molecule has 1 N–H and O–H groups in total. The second kappa shape index (κ2) is 5.55. The maximum absolute atomic E-state index is 9.54. The molecular weight excluding hydrogens is 152 g/mol. The number of aliphatic hydroxyl groups excluding tert-OH is 1. The molecule has 1 aliphatic carbocycles. The fraction of sp³-hybridized carbons (Fsp3) is 1.00. The first-order chi connectivity index (χ1) is 5.84. The third-order valence-electron chi connectivity index (χ3n) is 2.50. The molecule has 1 saturated carbocycles. The van der Waals surface area contributed by atoms with Crippen molar-refractivity contribution in [1.82, 2.24) is 0 Å². The van der Waals surface area contributed by atoms with E-state index in [1.807, 2.05) is 0 Å². The number of unbranched alkanes of at least 4 members (excludes halogenated alkanes) is 1. The SMILES string of the molecule is CCCCO[C@H]1CCCC[C@H]1O. The second-order valence-corrected chi connectivity index (χ2v) is 3.61. The predicted molar refractivity (Wildman–Crippen MR) is 49.1 cm³/mol. The molecule has 0 spiro atoms. The highest BCUT2D eigenvalue weighted by Crippen LogP contribution is 2.21. The molecule has 2 heteroatoms. The van der Waals surface area contributed by atoms with Crippen LogP contribution in [0.4, 0.5) is 0 Å². The summed E-state index contributed by atoms with van der Waals surface area (Å²) < 4.78 is 5.59. The third kappa shape index (κ3) is 3.11. The van der Waals surface area contributed by atoms with Gasteiger partial charge in [-0.3, -0.25) is 0 Å². The van der Waals surface area contributed by atoms with Crippen LogP contribution in [0, 0.1) is 0 Å². The number of ether oxygens (including phenoxy) is 1. The van der Waals surface area contributed by atoms with Gasteiger partial charge in [0.05, 0.1) is 12.2 Å². The van der Waals surface area contributed by atoms with E-state index in [1.54, 1.807) is 0 Å². The summed E-state index contributed by atoms with van der Waals surface area (Å²) in [6, 6.07) is 0. The molecule has 0 saturated heterocycles. The van der Waals surface area contributed by atoms with Gasteiger partial charge in [-0.2, -0.15) is 0 Å². The fourth-order valence-corrected chi connectivity index (χ4v) is 1.65. The van der Waals surface area contributed by atoms with Crippen LogP contribution < -0.4 is 0 Å². The van der Waals surface area contributed by atoms with Crippen LogP contribution in [0.1, 0.15) is 45.4 Å². The van der Waals surface area contributed by atoms with E-state index in [4.69, 9.17) is 4.74 Å². The van der Waals surface area contributed by atoms with Crippen LogP contribution in [0.5, 0.6) is 0 Å². The Kier molecular flexibility index (Phi) is 4.62. The normalized spacial score (nSPS) is 30.5. The van der Waals surface area contributed by atoms with Crippen molar-refractivity contribution in [3.8, 4) is 0 Å². The Morgan fingerprint density at radius 3 is 2.75 bits per heavy atom. The monoisotopic (exact) mass is 172 g/mol. The summed E-state index contributed by atoms with van der Waals surface area (Å²) in [5.41, 5.74) is 0. The van der Waals surface area contributed by atoms with Gasteiger partial charge >= 0.3 is 0 Å². The van der Waals surface area contributed by atoms with Crippen LogP contribution in [0.25, 0.3) is 0 Å². The van der Waals surface area contributed by atoms with Gasteiger partial charge in [0.15, 0.2) is 0 Å². The molecule has 2 nitrogen and oxygen atoms in total. The summed E-state index contributed by atoms with van der Waals surface area (Å²) in [5.74, 6) is 0. The smallest absolute Gasteiger partial charge is 0.0833 e. The Morgan fingerprint density at radius 2 is 2.08 bits per heavy atom. The lowest BCUT2D eigenvalue weighted by Crippen LogP contribution is -2.32. The lowest BCUT2D eigenvalue weighted by atomic mass is 9.95. The van der Waals surface area contributed by atoms with Crippen LogP contribution in [-0.2, 0) is 4.74 Å².